The summed E-state index contributed by atoms with van der Waals surface area (Å²) in [5.74, 6) is 0. The molecular weight excluding hydrogens is 238 g/mol. The molecule has 0 aromatic heterocycles. The minimum absolute atomic E-state index is 0.0880. The Morgan fingerprint density at radius 1 is 1.62 bits per heavy atom. The van der Waals surface area contributed by atoms with E-state index in [9.17, 15) is 10.1 Å². The minimum atomic E-state index is -0.533. The topological polar surface area (TPSA) is 93.0 Å². The minimum Gasteiger partial charge on any atom is -0.398 e. The molecule has 5 nitrogen and oxygen atoms in total. The second-order valence-electron chi connectivity index (χ2n) is 2.33. The van der Waals surface area contributed by atoms with Gasteiger partial charge in [0.25, 0.3) is 5.69 Å². The number of nitrogens with zero attached hydrogens (tertiary/aromatic N) is 1. The Morgan fingerprint density at radius 3 is 2.62 bits per heavy atom. The Morgan fingerprint density at radius 2 is 2.23 bits per heavy atom. The van der Waals surface area contributed by atoms with Gasteiger partial charge in [0, 0.05) is 34.1 Å². The van der Waals surface area contributed by atoms with E-state index in [1.54, 1.807) is 0 Å². The number of nitrogens with one attached hydrogen (secondary N) is 1. The average molecular weight is 244 g/mol. The summed E-state index contributed by atoms with van der Waals surface area (Å²) in [6, 6.07) is 2.54. The van der Waals surface area contributed by atoms with Gasteiger partial charge in [0.1, 0.15) is 0 Å². The van der Waals surface area contributed by atoms with Crippen molar-refractivity contribution in [2.45, 2.75) is 0 Å². The van der Waals surface area contributed by atoms with Gasteiger partial charge in [-0.3, -0.25) is 10.1 Å². The van der Waals surface area contributed by atoms with Gasteiger partial charge >= 0.3 is 0 Å². The monoisotopic (exact) mass is 243 g/mol. The standard InChI is InChI=1S/C7H6BrN3O2/c8-6-1-4(11(12)13)2-7(10)5(6)3-9/h1-3,9H,10H2. The van der Waals surface area contributed by atoms with Crippen LogP contribution >= 0.6 is 15.9 Å². The molecule has 3 N–H and O–H groups in total. The lowest BCUT2D eigenvalue weighted by atomic mass is 10.2. The first-order valence-corrected chi connectivity index (χ1v) is 4.09. The zero-order valence-corrected chi connectivity index (χ0v) is 8.04. The van der Waals surface area contributed by atoms with Gasteiger partial charge < -0.3 is 11.1 Å². The lowest BCUT2D eigenvalue weighted by Crippen LogP contribution is -1.97. The van der Waals surface area contributed by atoms with E-state index in [1.165, 1.54) is 12.1 Å². The smallest absolute Gasteiger partial charge is 0.272 e. The number of nitrogens with two attached hydrogens (primary N) is 1. The SMILES string of the molecule is N=Cc1c(N)cc([N+](=O)[O-])cc1Br. The van der Waals surface area contributed by atoms with Crippen molar-refractivity contribution in [1.82, 2.24) is 0 Å². The molecule has 0 heterocycles. The Hall–Kier alpha value is -1.43. The first-order valence-electron chi connectivity index (χ1n) is 3.30. The third-order valence-corrected chi connectivity index (χ3v) is 2.16. The highest BCUT2D eigenvalue weighted by atomic mass is 79.9. The van der Waals surface area contributed by atoms with Crippen LogP contribution in [0.4, 0.5) is 11.4 Å². The van der Waals surface area contributed by atoms with Crippen LogP contribution < -0.4 is 5.73 Å². The van der Waals surface area contributed by atoms with Crippen LogP contribution in [0.1, 0.15) is 5.56 Å². The third kappa shape index (κ3) is 1.83. The zero-order valence-electron chi connectivity index (χ0n) is 6.45. The fourth-order valence-corrected chi connectivity index (χ4v) is 1.46. The lowest BCUT2D eigenvalue weighted by molar-refractivity contribution is -0.384. The Balaban J connectivity index is 3.36. The van der Waals surface area contributed by atoms with Gasteiger partial charge in [-0.25, -0.2) is 0 Å². The first kappa shape index (κ1) is 9.66. The number of nitro benzene ring substituents is 1. The van der Waals surface area contributed by atoms with Crippen molar-refractivity contribution in [3.05, 3.63) is 32.3 Å². The van der Waals surface area contributed by atoms with Crippen molar-refractivity contribution in [3.8, 4) is 0 Å². The molecule has 0 aliphatic heterocycles. The highest BCUT2D eigenvalue weighted by molar-refractivity contribution is 9.10. The number of rotatable bonds is 2. The molecule has 0 saturated heterocycles. The van der Waals surface area contributed by atoms with Crippen molar-refractivity contribution in [1.29, 1.82) is 5.41 Å². The fraction of sp³-hybridized carbons (Fsp3) is 0. The highest BCUT2D eigenvalue weighted by Crippen LogP contribution is 2.27. The van der Waals surface area contributed by atoms with Crippen LogP contribution in [-0.2, 0) is 0 Å². The molecule has 68 valence electrons. The predicted octanol–water partition coefficient (Wildman–Crippen LogP) is 1.94. The van der Waals surface area contributed by atoms with E-state index in [0.717, 1.165) is 6.21 Å². The summed E-state index contributed by atoms with van der Waals surface area (Å²) in [6.07, 6.45) is 1.04. The summed E-state index contributed by atoms with van der Waals surface area (Å²) in [6.45, 7) is 0. The van der Waals surface area contributed by atoms with Crippen LogP contribution in [0.25, 0.3) is 0 Å². The average Bonchev–Trinajstić information content (AvgIpc) is 2.03. The normalized spacial score (nSPS) is 9.62. The van der Waals surface area contributed by atoms with Crippen molar-refractivity contribution >= 4 is 33.5 Å². The summed E-state index contributed by atoms with van der Waals surface area (Å²) < 4.78 is 0.453. The molecule has 0 amide bonds. The molecule has 0 fully saturated rings. The maximum absolute atomic E-state index is 10.4. The highest BCUT2D eigenvalue weighted by Gasteiger charge is 2.11. The van der Waals surface area contributed by atoms with Crippen molar-refractivity contribution in [3.63, 3.8) is 0 Å². The molecule has 1 aromatic carbocycles. The number of hydrogen-bond donors (Lipinski definition) is 2. The first-order chi connectivity index (χ1) is 6.06. The van der Waals surface area contributed by atoms with Crippen LogP contribution in [0.15, 0.2) is 16.6 Å². The molecule has 6 heteroatoms. The second kappa shape index (κ2) is 3.53. The van der Waals surface area contributed by atoms with Gasteiger partial charge in [0.05, 0.1) is 4.92 Å². The van der Waals surface area contributed by atoms with E-state index in [2.05, 4.69) is 15.9 Å². The van der Waals surface area contributed by atoms with Crippen LogP contribution in [0.3, 0.4) is 0 Å². The number of nitrogen functional groups attached to an aromatic ring is 1. The Labute approximate surface area is 82.3 Å². The van der Waals surface area contributed by atoms with Gasteiger partial charge in [-0.2, -0.15) is 0 Å². The molecule has 1 aromatic rings. The van der Waals surface area contributed by atoms with Gasteiger partial charge in [-0.1, -0.05) is 0 Å². The number of halogens is 1. The maximum atomic E-state index is 10.4. The predicted molar refractivity (Wildman–Crippen MR) is 53.1 cm³/mol. The number of benzene rings is 1. The molecule has 0 unspecified atom stereocenters. The zero-order chi connectivity index (χ0) is 10.0. The van der Waals surface area contributed by atoms with Crippen molar-refractivity contribution in [2.24, 2.45) is 0 Å². The lowest BCUT2D eigenvalue weighted by Gasteiger charge is -2.01. The number of hydrogen-bond acceptors (Lipinski definition) is 4. The molecule has 1 rings (SSSR count). The molecule has 0 spiro atoms. The molecule has 0 atom stereocenters. The quantitative estimate of drug-likeness (QED) is 0.360. The van der Waals surface area contributed by atoms with Crippen molar-refractivity contribution in [2.75, 3.05) is 5.73 Å². The number of anilines is 1. The van der Waals surface area contributed by atoms with Crippen LogP contribution in [0, 0.1) is 15.5 Å². The summed E-state index contributed by atoms with van der Waals surface area (Å²) >= 11 is 3.09. The molecule has 0 bridgehead atoms. The molecular formula is C7H6BrN3O2. The van der Waals surface area contributed by atoms with Gasteiger partial charge in [-0.15, -0.1) is 0 Å². The molecule has 0 radical (unpaired) electrons. The Bertz CT molecular complexity index is 355. The molecule has 0 aliphatic carbocycles. The van der Waals surface area contributed by atoms with E-state index >= 15 is 0 Å². The molecule has 0 aliphatic rings. The van der Waals surface area contributed by atoms with E-state index in [1.807, 2.05) is 0 Å². The largest absolute Gasteiger partial charge is 0.398 e. The number of nitro groups is 1. The summed E-state index contributed by atoms with van der Waals surface area (Å²) in [7, 11) is 0. The second-order valence-corrected chi connectivity index (χ2v) is 3.19. The summed E-state index contributed by atoms with van der Waals surface area (Å²) in [4.78, 5) is 9.84. The van der Waals surface area contributed by atoms with Gasteiger partial charge in [0.2, 0.25) is 0 Å². The maximum Gasteiger partial charge on any atom is 0.272 e. The van der Waals surface area contributed by atoms with Gasteiger partial charge in [-0.05, 0) is 15.9 Å². The summed E-state index contributed by atoms with van der Waals surface area (Å²) in [5.41, 5.74) is 6.07. The van der Waals surface area contributed by atoms with Crippen LogP contribution in [0.5, 0.6) is 0 Å². The third-order valence-electron chi connectivity index (χ3n) is 1.50. The molecule has 13 heavy (non-hydrogen) atoms. The van der Waals surface area contributed by atoms with E-state index in [0.29, 0.717) is 10.0 Å². The van der Waals surface area contributed by atoms with E-state index < -0.39 is 4.92 Å². The van der Waals surface area contributed by atoms with E-state index in [-0.39, 0.29) is 11.4 Å². The fourth-order valence-electron chi connectivity index (χ4n) is 0.882. The van der Waals surface area contributed by atoms with Crippen molar-refractivity contribution < 1.29 is 4.92 Å². The van der Waals surface area contributed by atoms with Crippen LogP contribution in [0.2, 0.25) is 0 Å². The summed E-state index contributed by atoms with van der Waals surface area (Å²) in [5, 5.41) is 17.4. The Kier molecular flexibility index (Phi) is 2.62. The van der Waals surface area contributed by atoms with Crippen LogP contribution in [-0.4, -0.2) is 11.1 Å². The van der Waals surface area contributed by atoms with Gasteiger partial charge in [0.15, 0.2) is 0 Å². The molecule has 0 saturated carbocycles. The number of non-ortho nitro benzene ring substituents is 1. The van der Waals surface area contributed by atoms with E-state index in [4.69, 9.17) is 11.1 Å².